The van der Waals surface area contributed by atoms with Gasteiger partial charge in [-0.2, -0.15) is 0 Å². The fraction of sp³-hybridized carbons (Fsp3) is 0.579. The van der Waals surface area contributed by atoms with Crippen LogP contribution in [0.15, 0.2) is 24.3 Å². The summed E-state index contributed by atoms with van der Waals surface area (Å²) in [7, 11) is 0. The Kier molecular flexibility index (Phi) is 7.26. The van der Waals surface area contributed by atoms with E-state index in [2.05, 4.69) is 23.6 Å². The lowest BCUT2D eigenvalue weighted by molar-refractivity contribution is -0.125. The van der Waals surface area contributed by atoms with Crippen molar-refractivity contribution in [3.63, 3.8) is 0 Å². The molecule has 2 N–H and O–H groups in total. The molecule has 0 aromatic heterocycles. The first kappa shape index (κ1) is 19.7. The van der Waals surface area contributed by atoms with Crippen LogP contribution in [0.4, 0.5) is 5.69 Å². The first-order valence-corrected chi connectivity index (χ1v) is 9.01. The van der Waals surface area contributed by atoms with E-state index in [-0.39, 0.29) is 30.8 Å². The van der Waals surface area contributed by atoms with Crippen molar-refractivity contribution in [1.82, 2.24) is 10.6 Å². The van der Waals surface area contributed by atoms with Gasteiger partial charge in [-0.15, -0.1) is 12.4 Å². The van der Waals surface area contributed by atoms with Crippen molar-refractivity contribution in [3.8, 4) is 0 Å². The number of fused-ring (bicyclic) bond motifs is 1. The lowest BCUT2D eigenvalue weighted by atomic mass is 9.85. The molecule has 2 aliphatic rings. The first-order valence-electron chi connectivity index (χ1n) is 9.01. The zero-order valence-electron chi connectivity index (χ0n) is 14.8. The number of nitrogens with zero attached hydrogens (tertiary/aromatic N) is 1. The molecule has 138 valence electrons. The van der Waals surface area contributed by atoms with Gasteiger partial charge in [0.25, 0.3) is 0 Å². The second-order valence-corrected chi connectivity index (χ2v) is 6.99. The van der Waals surface area contributed by atoms with Crippen molar-refractivity contribution >= 4 is 29.9 Å². The van der Waals surface area contributed by atoms with E-state index in [0.717, 1.165) is 25.2 Å². The molecular weight excluding hydrogens is 338 g/mol. The summed E-state index contributed by atoms with van der Waals surface area (Å²) in [6.45, 7) is 5.01. The molecule has 0 spiro atoms. The molecule has 1 saturated heterocycles. The summed E-state index contributed by atoms with van der Waals surface area (Å²) in [5.41, 5.74) is 2.19. The van der Waals surface area contributed by atoms with Gasteiger partial charge in [0.15, 0.2) is 0 Å². The van der Waals surface area contributed by atoms with Gasteiger partial charge >= 0.3 is 0 Å². The molecule has 1 aromatic rings. The third-order valence-electron chi connectivity index (χ3n) is 5.27. The van der Waals surface area contributed by atoms with E-state index >= 15 is 0 Å². The fourth-order valence-corrected chi connectivity index (χ4v) is 3.76. The average molecular weight is 366 g/mol. The lowest BCUT2D eigenvalue weighted by Gasteiger charge is -2.28. The maximum absolute atomic E-state index is 12.4. The van der Waals surface area contributed by atoms with Crippen molar-refractivity contribution in [2.75, 3.05) is 31.1 Å². The summed E-state index contributed by atoms with van der Waals surface area (Å²) in [6, 6.07) is 7.97. The highest BCUT2D eigenvalue weighted by atomic mass is 35.5. The Morgan fingerprint density at radius 2 is 2.16 bits per heavy atom. The summed E-state index contributed by atoms with van der Waals surface area (Å²) in [6.07, 6.45) is 3.76. The smallest absolute Gasteiger partial charge is 0.246 e. The molecule has 2 heterocycles. The van der Waals surface area contributed by atoms with Gasteiger partial charge in [-0.05, 0) is 55.8 Å². The minimum atomic E-state index is -0.0275. The van der Waals surface area contributed by atoms with E-state index in [4.69, 9.17) is 0 Å². The van der Waals surface area contributed by atoms with E-state index in [0.29, 0.717) is 24.8 Å². The summed E-state index contributed by atoms with van der Waals surface area (Å²) in [4.78, 5) is 26.3. The van der Waals surface area contributed by atoms with Crippen LogP contribution in [-0.4, -0.2) is 38.0 Å². The van der Waals surface area contributed by atoms with Gasteiger partial charge in [0, 0.05) is 18.7 Å². The summed E-state index contributed by atoms with van der Waals surface area (Å²) < 4.78 is 0. The van der Waals surface area contributed by atoms with Crippen LogP contribution >= 0.6 is 12.4 Å². The Bertz CT molecular complexity index is 602. The van der Waals surface area contributed by atoms with Crippen molar-refractivity contribution < 1.29 is 9.59 Å². The van der Waals surface area contributed by atoms with E-state index in [9.17, 15) is 9.59 Å². The predicted octanol–water partition coefficient (Wildman–Crippen LogP) is 2.14. The Morgan fingerprint density at radius 1 is 1.36 bits per heavy atom. The lowest BCUT2D eigenvalue weighted by Crippen LogP contribution is -2.40. The van der Waals surface area contributed by atoms with Crippen molar-refractivity contribution in [3.05, 3.63) is 29.8 Å². The summed E-state index contributed by atoms with van der Waals surface area (Å²) >= 11 is 0. The number of para-hydroxylation sites is 1. The number of amides is 2. The molecule has 3 rings (SSSR count). The highest BCUT2D eigenvalue weighted by molar-refractivity contribution is 5.98. The minimum absolute atomic E-state index is 0. The zero-order valence-corrected chi connectivity index (χ0v) is 15.6. The van der Waals surface area contributed by atoms with Crippen LogP contribution in [0, 0.1) is 11.8 Å². The zero-order chi connectivity index (χ0) is 16.9. The van der Waals surface area contributed by atoms with Crippen LogP contribution in [0.25, 0.3) is 0 Å². The number of carbonyl (C=O) groups excluding carboxylic acids is 2. The second kappa shape index (κ2) is 9.20. The van der Waals surface area contributed by atoms with Gasteiger partial charge < -0.3 is 15.5 Å². The Labute approximate surface area is 155 Å². The maximum atomic E-state index is 12.4. The van der Waals surface area contributed by atoms with Crippen LogP contribution in [0.2, 0.25) is 0 Å². The molecule has 1 aromatic carbocycles. The van der Waals surface area contributed by atoms with E-state index < -0.39 is 0 Å². The summed E-state index contributed by atoms with van der Waals surface area (Å²) in [5, 5.41) is 6.20. The monoisotopic (exact) mass is 365 g/mol. The van der Waals surface area contributed by atoms with Crippen molar-refractivity contribution in [2.45, 2.75) is 32.6 Å². The number of nitrogens with one attached hydrogen (secondary N) is 2. The molecule has 25 heavy (non-hydrogen) atoms. The molecule has 6 heteroatoms. The van der Waals surface area contributed by atoms with E-state index in [1.807, 2.05) is 18.2 Å². The Balaban J connectivity index is 0.00000225. The number of rotatable bonds is 5. The predicted molar refractivity (Wildman–Crippen MR) is 102 cm³/mol. The van der Waals surface area contributed by atoms with Gasteiger partial charge in [-0.3, -0.25) is 9.59 Å². The van der Waals surface area contributed by atoms with Crippen LogP contribution < -0.4 is 15.5 Å². The molecule has 0 aliphatic carbocycles. The first-order chi connectivity index (χ1) is 11.6. The molecule has 0 radical (unpaired) electrons. The van der Waals surface area contributed by atoms with E-state index in [1.54, 1.807) is 4.90 Å². The number of carbonyl (C=O) groups is 2. The van der Waals surface area contributed by atoms with Crippen LogP contribution in [-0.2, 0) is 16.0 Å². The number of halogens is 1. The highest BCUT2D eigenvalue weighted by Gasteiger charge is 2.25. The maximum Gasteiger partial charge on any atom is 0.246 e. The summed E-state index contributed by atoms with van der Waals surface area (Å²) in [5.74, 6) is 0.861. The minimum Gasteiger partial charge on any atom is -0.347 e. The Hall–Kier alpha value is -1.59. The largest absolute Gasteiger partial charge is 0.347 e. The average Bonchev–Trinajstić information content (AvgIpc) is 3.04. The SMILES string of the molecule is CC(CC(=O)NCC(=O)N1CCc2ccccc21)C1CCCNC1.Cl. The molecular formula is C19H28ClN3O2. The highest BCUT2D eigenvalue weighted by Crippen LogP contribution is 2.27. The molecule has 2 atom stereocenters. The normalized spacial score (nSPS) is 20.4. The molecule has 2 aliphatic heterocycles. The molecule has 5 nitrogen and oxygen atoms in total. The third-order valence-corrected chi connectivity index (χ3v) is 5.27. The quantitative estimate of drug-likeness (QED) is 0.840. The molecule has 0 bridgehead atoms. The Morgan fingerprint density at radius 3 is 2.92 bits per heavy atom. The number of hydrogen-bond donors (Lipinski definition) is 2. The standard InChI is InChI=1S/C19H27N3O2.ClH/c1-14(16-6-4-9-20-12-16)11-18(23)21-13-19(24)22-10-8-15-5-2-3-7-17(15)22;/h2-3,5,7,14,16,20H,4,6,8-13H2,1H3,(H,21,23);1H. The molecule has 1 fully saturated rings. The topological polar surface area (TPSA) is 61.4 Å². The van der Waals surface area contributed by atoms with Gasteiger partial charge in [-0.1, -0.05) is 25.1 Å². The third kappa shape index (κ3) is 4.95. The van der Waals surface area contributed by atoms with Gasteiger partial charge in [0.05, 0.1) is 6.54 Å². The van der Waals surface area contributed by atoms with Crippen LogP contribution in [0.5, 0.6) is 0 Å². The van der Waals surface area contributed by atoms with Crippen LogP contribution in [0.3, 0.4) is 0 Å². The molecule has 2 unspecified atom stereocenters. The van der Waals surface area contributed by atoms with Crippen molar-refractivity contribution in [1.29, 1.82) is 0 Å². The van der Waals surface area contributed by atoms with Gasteiger partial charge in [0.2, 0.25) is 11.8 Å². The van der Waals surface area contributed by atoms with E-state index in [1.165, 1.54) is 18.4 Å². The van der Waals surface area contributed by atoms with Gasteiger partial charge in [-0.25, -0.2) is 0 Å². The number of hydrogen-bond acceptors (Lipinski definition) is 3. The number of anilines is 1. The van der Waals surface area contributed by atoms with Crippen molar-refractivity contribution in [2.24, 2.45) is 11.8 Å². The number of piperidine rings is 1. The molecule has 2 amide bonds. The van der Waals surface area contributed by atoms with Crippen LogP contribution in [0.1, 0.15) is 31.7 Å². The fourth-order valence-electron chi connectivity index (χ4n) is 3.76. The number of benzene rings is 1. The van der Waals surface area contributed by atoms with Gasteiger partial charge in [0.1, 0.15) is 0 Å². The second-order valence-electron chi connectivity index (χ2n) is 6.99. The molecule has 0 saturated carbocycles.